The highest BCUT2D eigenvalue weighted by Crippen LogP contribution is 2.13. The second kappa shape index (κ2) is 12.4. The molecule has 2 nitrogen and oxygen atoms in total. The van der Waals surface area contributed by atoms with Gasteiger partial charge in [-0.15, -0.1) is 0 Å². The molecule has 0 rings (SSSR count). The minimum absolute atomic E-state index is 0.550. The van der Waals surface area contributed by atoms with Gasteiger partial charge in [0.05, 0.1) is 6.61 Å². The maximum Gasteiger partial charge on any atom is 0.0619 e. The molecule has 2 heteroatoms. The van der Waals surface area contributed by atoms with Crippen LogP contribution in [0.1, 0.15) is 66.2 Å². The van der Waals surface area contributed by atoms with E-state index in [9.17, 15) is 0 Å². The number of unbranched alkanes of at least 4 members (excludes halogenated alkanes) is 1. The summed E-state index contributed by atoms with van der Waals surface area (Å²) in [5.41, 5.74) is 0. The van der Waals surface area contributed by atoms with Gasteiger partial charge in [-0.2, -0.15) is 0 Å². The molecule has 0 aliphatic rings. The zero-order valence-corrected chi connectivity index (χ0v) is 12.4. The third-order valence-corrected chi connectivity index (χ3v) is 3.35. The molecule has 17 heavy (non-hydrogen) atoms. The van der Waals surface area contributed by atoms with Gasteiger partial charge in [0.2, 0.25) is 0 Å². The van der Waals surface area contributed by atoms with Gasteiger partial charge in [-0.05, 0) is 25.3 Å². The summed E-state index contributed by atoms with van der Waals surface area (Å²) in [6, 6.07) is 0.550. The number of hydrogen-bond acceptors (Lipinski definition) is 2. The van der Waals surface area contributed by atoms with Crippen molar-refractivity contribution in [3.8, 4) is 0 Å². The van der Waals surface area contributed by atoms with Gasteiger partial charge >= 0.3 is 0 Å². The van der Waals surface area contributed by atoms with E-state index < -0.39 is 0 Å². The Morgan fingerprint density at radius 1 is 0.941 bits per heavy atom. The molecule has 0 aliphatic carbocycles. The average Bonchev–Trinajstić information content (AvgIpc) is 2.34. The number of likely N-dealkylation sites (N-methyl/N-ethyl adjacent to an activating group) is 1. The molecular formula is C15H33NO. The first-order valence-corrected chi connectivity index (χ1v) is 7.59. The van der Waals surface area contributed by atoms with Crippen molar-refractivity contribution in [2.75, 3.05) is 19.8 Å². The largest absolute Gasteiger partial charge is 0.380 e. The molecule has 0 spiro atoms. The number of hydrogen-bond donors (Lipinski definition) is 1. The Bertz CT molecular complexity index is 144. The maximum atomic E-state index is 5.89. The Kier molecular flexibility index (Phi) is 12.3. The second-order valence-electron chi connectivity index (χ2n) is 5.00. The van der Waals surface area contributed by atoms with Crippen molar-refractivity contribution < 1.29 is 4.74 Å². The lowest BCUT2D eigenvalue weighted by Crippen LogP contribution is -2.33. The van der Waals surface area contributed by atoms with Gasteiger partial charge in [0.1, 0.15) is 0 Å². The summed E-state index contributed by atoms with van der Waals surface area (Å²) >= 11 is 0. The fourth-order valence-electron chi connectivity index (χ4n) is 2.16. The van der Waals surface area contributed by atoms with Gasteiger partial charge in [0, 0.05) is 12.6 Å². The van der Waals surface area contributed by atoms with Crippen LogP contribution < -0.4 is 5.32 Å². The molecule has 0 saturated carbocycles. The molecule has 0 aromatic rings. The van der Waals surface area contributed by atoms with Crippen LogP contribution in [0.5, 0.6) is 0 Å². The Morgan fingerprint density at radius 2 is 1.71 bits per heavy atom. The molecule has 0 heterocycles. The fourth-order valence-corrected chi connectivity index (χ4v) is 2.16. The van der Waals surface area contributed by atoms with Crippen molar-refractivity contribution in [2.24, 2.45) is 5.92 Å². The van der Waals surface area contributed by atoms with Crippen molar-refractivity contribution in [1.29, 1.82) is 0 Å². The summed E-state index contributed by atoms with van der Waals surface area (Å²) in [6.45, 7) is 11.8. The third-order valence-electron chi connectivity index (χ3n) is 3.35. The van der Waals surface area contributed by atoms with Crippen LogP contribution in [-0.2, 0) is 4.74 Å². The van der Waals surface area contributed by atoms with Crippen LogP contribution in [0.3, 0.4) is 0 Å². The van der Waals surface area contributed by atoms with Gasteiger partial charge < -0.3 is 10.1 Å². The van der Waals surface area contributed by atoms with Crippen LogP contribution in [0.15, 0.2) is 0 Å². The number of nitrogens with one attached hydrogen (secondary N) is 1. The van der Waals surface area contributed by atoms with Gasteiger partial charge in [-0.3, -0.25) is 0 Å². The minimum Gasteiger partial charge on any atom is -0.380 e. The molecule has 0 bridgehead atoms. The fraction of sp³-hybridized carbons (Fsp3) is 1.00. The summed E-state index contributed by atoms with van der Waals surface area (Å²) in [7, 11) is 0. The molecule has 0 amide bonds. The molecule has 0 radical (unpaired) electrons. The standard InChI is InChI=1S/C15H33NO/c1-5-9-11-14(7-3)12-17-13-15(10-6-2)16-8-4/h14-16H,5-13H2,1-4H3. The van der Waals surface area contributed by atoms with E-state index >= 15 is 0 Å². The topological polar surface area (TPSA) is 21.3 Å². The van der Waals surface area contributed by atoms with E-state index in [-0.39, 0.29) is 0 Å². The van der Waals surface area contributed by atoms with Crippen LogP contribution >= 0.6 is 0 Å². The smallest absolute Gasteiger partial charge is 0.0619 e. The molecule has 0 aromatic carbocycles. The van der Waals surface area contributed by atoms with E-state index in [1.54, 1.807) is 0 Å². The summed E-state index contributed by atoms with van der Waals surface area (Å²) < 4.78 is 5.89. The van der Waals surface area contributed by atoms with Crippen LogP contribution in [0.4, 0.5) is 0 Å². The molecule has 0 aromatic heterocycles. The third kappa shape index (κ3) is 9.61. The Morgan fingerprint density at radius 3 is 2.24 bits per heavy atom. The van der Waals surface area contributed by atoms with Crippen molar-refractivity contribution in [2.45, 2.75) is 72.3 Å². The first-order valence-electron chi connectivity index (χ1n) is 7.59. The molecular weight excluding hydrogens is 210 g/mol. The lowest BCUT2D eigenvalue weighted by Gasteiger charge is -2.20. The Hall–Kier alpha value is -0.0800. The van der Waals surface area contributed by atoms with Crippen LogP contribution in [-0.4, -0.2) is 25.8 Å². The SMILES string of the molecule is CCCCC(CC)COCC(CCC)NCC. The van der Waals surface area contributed by atoms with E-state index in [1.807, 2.05) is 0 Å². The molecule has 0 fully saturated rings. The monoisotopic (exact) mass is 243 g/mol. The van der Waals surface area contributed by atoms with Crippen LogP contribution in [0.2, 0.25) is 0 Å². The molecule has 0 aliphatic heterocycles. The predicted octanol–water partition coefficient (Wildman–Crippen LogP) is 4.00. The normalized spacial score (nSPS) is 14.8. The minimum atomic E-state index is 0.550. The highest BCUT2D eigenvalue weighted by Gasteiger charge is 2.09. The number of ether oxygens (including phenoxy) is 1. The van der Waals surface area contributed by atoms with Gasteiger partial charge in [-0.1, -0.05) is 53.4 Å². The van der Waals surface area contributed by atoms with Crippen molar-refractivity contribution >= 4 is 0 Å². The zero-order valence-electron chi connectivity index (χ0n) is 12.4. The summed E-state index contributed by atoms with van der Waals surface area (Å²) in [5, 5.41) is 3.49. The highest BCUT2D eigenvalue weighted by atomic mass is 16.5. The van der Waals surface area contributed by atoms with E-state index in [2.05, 4.69) is 33.0 Å². The van der Waals surface area contributed by atoms with Gasteiger partial charge in [0.15, 0.2) is 0 Å². The van der Waals surface area contributed by atoms with Crippen molar-refractivity contribution in [3.05, 3.63) is 0 Å². The Labute approximate surface area is 109 Å². The predicted molar refractivity (Wildman–Crippen MR) is 76.5 cm³/mol. The second-order valence-corrected chi connectivity index (χ2v) is 5.00. The molecule has 2 atom stereocenters. The molecule has 0 saturated heterocycles. The lowest BCUT2D eigenvalue weighted by atomic mass is 10.0. The quantitative estimate of drug-likeness (QED) is 0.559. The van der Waals surface area contributed by atoms with E-state index in [4.69, 9.17) is 4.74 Å². The summed E-state index contributed by atoms with van der Waals surface area (Å²) in [6.07, 6.45) is 7.67. The van der Waals surface area contributed by atoms with E-state index in [1.165, 1.54) is 38.5 Å². The summed E-state index contributed by atoms with van der Waals surface area (Å²) in [4.78, 5) is 0. The van der Waals surface area contributed by atoms with Crippen LogP contribution in [0.25, 0.3) is 0 Å². The molecule has 104 valence electrons. The summed E-state index contributed by atoms with van der Waals surface area (Å²) in [5.74, 6) is 0.763. The average molecular weight is 243 g/mol. The van der Waals surface area contributed by atoms with Crippen molar-refractivity contribution in [3.63, 3.8) is 0 Å². The number of rotatable bonds is 12. The lowest BCUT2D eigenvalue weighted by molar-refractivity contribution is 0.0751. The van der Waals surface area contributed by atoms with Gasteiger partial charge in [-0.25, -0.2) is 0 Å². The van der Waals surface area contributed by atoms with E-state index in [0.29, 0.717) is 6.04 Å². The first-order chi connectivity index (χ1) is 8.28. The first kappa shape index (κ1) is 16.9. The van der Waals surface area contributed by atoms with E-state index in [0.717, 1.165) is 25.7 Å². The molecule has 2 unspecified atom stereocenters. The zero-order chi connectivity index (χ0) is 12.9. The highest BCUT2D eigenvalue weighted by molar-refractivity contribution is 4.65. The van der Waals surface area contributed by atoms with Crippen molar-refractivity contribution in [1.82, 2.24) is 5.32 Å². The van der Waals surface area contributed by atoms with Gasteiger partial charge in [0.25, 0.3) is 0 Å². The Balaban J connectivity index is 3.67. The molecule has 1 N–H and O–H groups in total. The maximum absolute atomic E-state index is 5.89. The van der Waals surface area contributed by atoms with Crippen LogP contribution in [0, 0.1) is 5.92 Å².